The van der Waals surface area contributed by atoms with Gasteiger partial charge in [0.05, 0.1) is 11.7 Å². The quantitative estimate of drug-likeness (QED) is 0.740. The highest BCUT2D eigenvalue weighted by molar-refractivity contribution is 5.75. The summed E-state index contributed by atoms with van der Waals surface area (Å²) in [5.41, 5.74) is 3.44. The number of rotatable bonds is 3. The van der Waals surface area contributed by atoms with Gasteiger partial charge in [0, 0.05) is 12.1 Å². The summed E-state index contributed by atoms with van der Waals surface area (Å²) in [6.45, 7) is 9.76. The van der Waals surface area contributed by atoms with Gasteiger partial charge in [0.25, 0.3) is 0 Å². The van der Waals surface area contributed by atoms with Crippen LogP contribution in [0.25, 0.3) is 0 Å². The monoisotopic (exact) mass is 194 g/mol. The molecule has 1 atom stereocenters. The summed E-state index contributed by atoms with van der Waals surface area (Å²) in [5.74, 6) is 0.211. The van der Waals surface area contributed by atoms with Crippen molar-refractivity contribution in [2.45, 2.75) is 47.1 Å². The normalized spacial score (nSPS) is 12.9. The molecule has 0 fully saturated rings. The molecule has 1 heterocycles. The molecular weight excluding hydrogens is 176 g/mol. The second kappa shape index (κ2) is 3.95. The molecule has 0 spiro atoms. The van der Waals surface area contributed by atoms with Crippen LogP contribution in [0, 0.1) is 20.8 Å². The Labute approximate surface area is 85.1 Å². The average molecular weight is 194 g/mol. The summed E-state index contributed by atoms with van der Waals surface area (Å²) in [7, 11) is 0. The number of hydrogen-bond acceptors (Lipinski definition) is 2. The molecule has 1 unspecified atom stereocenters. The average Bonchev–Trinajstić information content (AvgIpc) is 2.32. The molecule has 0 radical (unpaired) electrons. The van der Waals surface area contributed by atoms with Gasteiger partial charge in [-0.25, -0.2) is 0 Å². The van der Waals surface area contributed by atoms with Crippen LogP contribution in [0.4, 0.5) is 0 Å². The van der Waals surface area contributed by atoms with Gasteiger partial charge in [0.2, 0.25) is 0 Å². The molecule has 14 heavy (non-hydrogen) atoms. The minimum absolute atomic E-state index is 0.167. The van der Waals surface area contributed by atoms with Gasteiger partial charge in [0.15, 0.2) is 0 Å². The molecule has 3 heteroatoms. The Morgan fingerprint density at radius 2 is 2.00 bits per heavy atom. The molecular formula is C11H18N2O. The third kappa shape index (κ3) is 2.03. The summed E-state index contributed by atoms with van der Waals surface area (Å²) in [5, 5.41) is 4.43. The van der Waals surface area contributed by atoms with Crippen molar-refractivity contribution in [3.8, 4) is 0 Å². The number of Topliss-reactive ketones (excluding diaryl/α,β-unsaturated/α-hetero) is 1. The zero-order chi connectivity index (χ0) is 10.9. The molecule has 0 aliphatic heterocycles. The number of aromatic nitrogens is 2. The van der Waals surface area contributed by atoms with E-state index in [9.17, 15) is 4.79 Å². The predicted octanol–water partition coefficient (Wildman–Crippen LogP) is 2.35. The first kappa shape index (κ1) is 11.0. The third-order valence-corrected chi connectivity index (χ3v) is 2.69. The Hall–Kier alpha value is -1.12. The summed E-state index contributed by atoms with van der Waals surface area (Å²) >= 11 is 0. The van der Waals surface area contributed by atoms with Crippen LogP contribution in [-0.4, -0.2) is 15.6 Å². The molecule has 78 valence electrons. The van der Waals surface area contributed by atoms with E-state index in [0.717, 1.165) is 11.4 Å². The summed E-state index contributed by atoms with van der Waals surface area (Å²) < 4.78 is 1.95. The van der Waals surface area contributed by atoms with Gasteiger partial charge < -0.3 is 0 Å². The fourth-order valence-corrected chi connectivity index (χ4v) is 1.68. The maximum Gasteiger partial charge on any atom is 0.131 e. The molecule has 0 saturated heterocycles. The van der Waals surface area contributed by atoms with Crippen molar-refractivity contribution in [1.82, 2.24) is 9.78 Å². The van der Waals surface area contributed by atoms with Crippen LogP contribution in [0.1, 0.15) is 43.3 Å². The lowest BCUT2D eigenvalue weighted by Gasteiger charge is -2.12. The maximum atomic E-state index is 11.0. The van der Waals surface area contributed by atoms with Gasteiger partial charge in [-0.05, 0) is 40.2 Å². The molecule has 1 rings (SSSR count). The number of hydrogen-bond donors (Lipinski definition) is 0. The first-order chi connectivity index (χ1) is 6.43. The van der Waals surface area contributed by atoms with E-state index in [1.54, 1.807) is 6.92 Å². The zero-order valence-corrected chi connectivity index (χ0v) is 9.59. The van der Waals surface area contributed by atoms with Crippen LogP contribution in [0.3, 0.4) is 0 Å². The van der Waals surface area contributed by atoms with E-state index in [2.05, 4.69) is 12.0 Å². The largest absolute Gasteiger partial charge is 0.300 e. The Morgan fingerprint density at radius 3 is 2.36 bits per heavy atom. The van der Waals surface area contributed by atoms with Gasteiger partial charge in [0.1, 0.15) is 5.78 Å². The van der Waals surface area contributed by atoms with Crippen molar-refractivity contribution in [2.75, 3.05) is 0 Å². The minimum atomic E-state index is 0.167. The van der Waals surface area contributed by atoms with Crippen molar-refractivity contribution in [1.29, 1.82) is 0 Å². The van der Waals surface area contributed by atoms with Crippen molar-refractivity contribution >= 4 is 5.78 Å². The lowest BCUT2D eigenvalue weighted by Crippen LogP contribution is -2.12. The Kier molecular flexibility index (Phi) is 3.09. The topological polar surface area (TPSA) is 34.9 Å². The molecule has 1 aromatic heterocycles. The van der Waals surface area contributed by atoms with Crippen LogP contribution >= 0.6 is 0 Å². The van der Waals surface area contributed by atoms with E-state index >= 15 is 0 Å². The van der Waals surface area contributed by atoms with Gasteiger partial charge >= 0.3 is 0 Å². The SMILES string of the molecule is CC(=O)CC(C)n1nc(C)c(C)c1C. The van der Waals surface area contributed by atoms with Gasteiger partial charge in [-0.15, -0.1) is 0 Å². The van der Waals surface area contributed by atoms with Gasteiger partial charge in [-0.1, -0.05) is 0 Å². The van der Waals surface area contributed by atoms with E-state index in [-0.39, 0.29) is 11.8 Å². The zero-order valence-electron chi connectivity index (χ0n) is 9.59. The molecule has 1 aromatic rings. The summed E-state index contributed by atoms with van der Waals surface area (Å²) in [6.07, 6.45) is 0.557. The number of carbonyl (C=O) groups is 1. The van der Waals surface area contributed by atoms with Crippen molar-refractivity contribution in [3.05, 3.63) is 17.0 Å². The number of ketones is 1. The number of carbonyl (C=O) groups excluding carboxylic acids is 1. The number of nitrogens with zero attached hydrogens (tertiary/aromatic N) is 2. The molecule has 0 bridgehead atoms. The highest BCUT2D eigenvalue weighted by Crippen LogP contribution is 2.18. The fourth-order valence-electron chi connectivity index (χ4n) is 1.68. The highest BCUT2D eigenvalue weighted by atomic mass is 16.1. The van der Waals surface area contributed by atoms with E-state index in [1.165, 1.54) is 5.56 Å². The van der Waals surface area contributed by atoms with E-state index in [0.29, 0.717) is 6.42 Å². The summed E-state index contributed by atoms with van der Waals surface area (Å²) in [6, 6.07) is 0.167. The van der Waals surface area contributed by atoms with Gasteiger partial charge in [-0.2, -0.15) is 5.10 Å². The second-order valence-corrected chi connectivity index (χ2v) is 4.00. The first-order valence-corrected chi connectivity index (χ1v) is 4.95. The first-order valence-electron chi connectivity index (χ1n) is 4.95. The molecule has 3 nitrogen and oxygen atoms in total. The van der Waals surface area contributed by atoms with E-state index in [4.69, 9.17) is 0 Å². The fraction of sp³-hybridized carbons (Fsp3) is 0.636. The highest BCUT2D eigenvalue weighted by Gasteiger charge is 2.13. The smallest absolute Gasteiger partial charge is 0.131 e. The van der Waals surface area contributed by atoms with Crippen LogP contribution in [0.2, 0.25) is 0 Å². The Bertz CT molecular complexity index is 352. The standard InChI is InChI=1S/C11H18N2O/c1-7(6-8(2)14)13-11(5)9(3)10(4)12-13/h7H,6H2,1-5H3. The van der Waals surface area contributed by atoms with Crippen LogP contribution in [0.15, 0.2) is 0 Å². The van der Waals surface area contributed by atoms with Crippen molar-refractivity contribution in [2.24, 2.45) is 0 Å². The van der Waals surface area contributed by atoms with Crippen LogP contribution < -0.4 is 0 Å². The van der Waals surface area contributed by atoms with Crippen LogP contribution in [-0.2, 0) is 4.79 Å². The second-order valence-electron chi connectivity index (χ2n) is 4.00. The van der Waals surface area contributed by atoms with Gasteiger partial charge in [-0.3, -0.25) is 9.48 Å². The lowest BCUT2D eigenvalue weighted by atomic mass is 10.1. The van der Waals surface area contributed by atoms with Crippen molar-refractivity contribution < 1.29 is 4.79 Å². The lowest BCUT2D eigenvalue weighted by molar-refractivity contribution is -0.117. The molecule has 0 N–H and O–H groups in total. The third-order valence-electron chi connectivity index (χ3n) is 2.69. The Balaban J connectivity index is 2.95. The molecule has 0 aromatic carbocycles. The summed E-state index contributed by atoms with van der Waals surface area (Å²) in [4.78, 5) is 11.0. The number of aryl methyl sites for hydroxylation is 1. The Morgan fingerprint density at radius 1 is 1.43 bits per heavy atom. The molecule has 0 aliphatic carbocycles. The maximum absolute atomic E-state index is 11.0. The molecule has 0 amide bonds. The predicted molar refractivity (Wildman–Crippen MR) is 56.4 cm³/mol. The van der Waals surface area contributed by atoms with Crippen molar-refractivity contribution in [3.63, 3.8) is 0 Å². The van der Waals surface area contributed by atoms with Crippen LogP contribution in [0.5, 0.6) is 0 Å². The minimum Gasteiger partial charge on any atom is -0.300 e. The van der Waals surface area contributed by atoms with E-state index in [1.807, 2.05) is 25.5 Å². The molecule has 0 aliphatic rings. The van der Waals surface area contributed by atoms with E-state index < -0.39 is 0 Å². The molecule has 0 saturated carbocycles.